The molecule has 3 heterocycles. The minimum atomic E-state index is -0.382. The van der Waals surface area contributed by atoms with E-state index < -0.39 is 0 Å². The van der Waals surface area contributed by atoms with Crippen molar-refractivity contribution in [2.24, 2.45) is 0 Å². The lowest BCUT2D eigenvalue weighted by Gasteiger charge is -2.38. The van der Waals surface area contributed by atoms with Crippen LogP contribution in [0.5, 0.6) is 5.75 Å². The third kappa shape index (κ3) is 4.68. The van der Waals surface area contributed by atoms with Crippen LogP contribution in [0.2, 0.25) is 0 Å². The fourth-order valence-electron chi connectivity index (χ4n) is 3.84. The SMILES string of the molecule is COc1cccc(CCNC(=O)c2ccc(N3CCC4(CC3)OCCO4)cn2)c1. The number of piperidine rings is 1. The Labute approximate surface area is 171 Å². The molecule has 2 aliphatic rings. The molecule has 2 aliphatic heterocycles. The molecular weight excluding hydrogens is 370 g/mol. The number of carbonyl (C=O) groups is 1. The largest absolute Gasteiger partial charge is 0.497 e. The van der Waals surface area contributed by atoms with Crippen LogP contribution in [0.15, 0.2) is 42.6 Å². The zero-order valence-electron chi connectivity index (χ0n) is 16.7. The van der Waals surface area contributed by atoms with Gasteiger partial charge in [0.2, 0.25) is 0 Å². The van der Waals surface area contributed by atoms with Gasteiger partial charge in [0.25, 0.3) is 5.91 Å². The van der Waals surface area contributed by atoms with Crippen LogP contribution in [0.1, 0.15) is 28.9 Å². The molecule has 4 rings (SSSR count). The molecule has 7 nitrogen and oxygen atoms in total. The fourth-order valence-corrected chi connectivity index (χ4v) is 3.84. The fraction of sp³-hybridized carbons (Fsp3) is 0.455. The maximum atomic E-state index is 12.4. The molecule has 2 fully saturated rings. The number of rotatable bonds is 6. The van der Waals surface area contributed by atoms with Gasteiger partial charge >= 0.3 is 0 Å². The summed E-state index contributed by atoms with van der Waals surface area (Å²) in [5.74, 6) is 0.276. The predicted molar refractivity (Wildman–Crippen MR) is 109 cm³/mol. The summed E-state index contributed by atoms with van der Waals surface area (Å²) in [5.41, 5.74) is 2.56. The van der Waals surface area contributed by atoms with Gasteiger partial charge in [-0.3, -0.25) is 4.79 Å². The molecule has 1 amide bonds. The molecule has 0 aliphatic carbocycles. The Hall–Kier alpha value is -2.64. The summed E-state index contributed by atoms with van der Waals surface area (Å²) in [5, 5.41) is 2.93. The Morgan fingerprint density at radius 3 is 2.69 bits per heavy atom. The first-order chi connectivity index (χ1) is 14.2. The van der Waals surface area contributed by atoms with Crippen LogP contribution in [0.4, 0.5) is 5.69 Å². The van der Waals surface area contributed by atoms with E-state index in [2.05, 4.69) is 15.2 Å². The Balaban J connectivity index is 1.27. The Bertz CT molecular complexity index is 824. The molecule has 0 atom stereocenters. The molecule has 154 valence electrons. The van der Waals surface area contributed by atoms with E-state index >= 15 is 0 Å². The van der Waals surface area contributed by atoms with Crippen molar-refractivity contribution >= 4 is 11.6 Å². The number of carbonyl (C=O) groups excluding carboxylic acids is 1. The van der Waals surface area contributed by atoms with Gasteiger partial charge in [-0.15, -0.1) is 0 Å². The number of benzene rings is 1. The van der Waals surface area contributed by atoms with Gasteiger partial charge in [-0.2, -0.15) is 0 Å². The molecule has 2 aromatic rings. The van der Waals surface area contributed by atoms with Crippen LogP contribution in [0, 0.1) is 0 Å². The maximum Gasteiger partial charge on any atom is 0.269 e. The number of methoxy groups -OCH3 is 1. The van der Waals surface area contributed by atoms with Crippen molar-refractivity contribution in [2.75, 3.05) is 44.9 Å². The van der Waals surface area contributed by atoms with E-state index in [1.165, 1.54) is 0 Å². The predicted octanol–water partition coefficient (Wildman–Crippen LogP) is 2.41. The highest BCUT2D eigenvalue weighted by Crippen LogP contribution is 2.32. The Morgan fingerprint density at radius 2 is 2.00 bits per heavy atom. The summed E-state index contributed by atoms with van der Waals surface area (Å²) in [6, 6.07) is 11.6. The molecule has 1 N–H and O–H groups in total. The lowest BCUT2D eigenvalue weighted by atomic mass is 10.0. The summed E-state index contributed by atoms with van der Waals surface area (Å²) in [7, 11) is 1.65. The maximum absolute atomic E-state index is 12.4. The third-order valence-electron chi connectivity index (χ3n) is 5.52. The van der Waals surface area contributed by atoms with Crippen molar-refractivity contribution in [1.29, 1.82) is 0 Å². The molecule has 7 heteroatoms. The van der Waals surface area contributed by atoms with Crippen molar-refractivity contribution in [3.05, 3.63) is 53.9 Å². The molecular formula is C22H27N3O4. The smallest absolute Gasteiger partial charge is 0.269 e. The molecule has 0 saturated carbocycles. The van der Waals surface area contributed by atoms with Crippen molar-refractivity contribution in [1.82, 2.24) is 10.3 Å². The average molecular weight is 397 g/mol. The van der Waals surface area contributed by atoms with Gasteiger partial charge in [0.05, 0.1) is 32.2 Å². The number of nitrogens with one attached hydrogen (secondary N) is 1. The van der Waals surface area contributed by atoms with Crippen LogP contribution in [-0.2, 0) is 15.9 Å². The number of anilines is 1. The highest BCUT2D eigenvalue weighted by atomic mass is 16.7. The van der Waals surface area contributed by atoms with Gasteiger partial charge in [-0.25, -0.2) is 4.98 Å². The molecule has 1 aromatic heterocycles. The standard InChI is InChI=1S/C22H27N3O4/c1-27-19-4-2-3-17(15-19)7-10-23-21(26)20-6-5-18(16-24-20)25-11-8-22(9-12-25)28-13-14-29-22/h2-6,15-16H,7-14H2,1H3,(H,23,26). The van der Waals surface area contributed by atoms with Crippen molar-refractivity contribution in [3.63, 3.8) is 0 Å². The topological polar surface area (TPSA) is 72.9 Å². The third-order valence-corrected chi connectivity index (χ3v) is 5.52. The van der Waals surface area contributed by atoms with Crippen LogP contribution in [0.25, 0.3) is 0 Å². The van der Waals surface area contributed by atoms with E-state index in [9.17, 15) is 4.79 Å². The van der Waals surface area contributed by atoms with Gasteiger partial charge in [0, 0.05) is 32.5 Å². The minimum absolute atomic E-state index is 0.162. The zero-order chi connectivity index (χ0) is 20.1. The van der Waals surface area contributed by atoms with Crippen molar-refractivity contribution in [3.8, 4) is 5.75 Å². The zero-order valence-corrected chi connectivity index (χ0v) is 16.7. The number of pyridine rings is 1. The summed E-state index contributed by atoms with van der Waals surface area (Å²) in [6.45, 7) is 3.62. The number of amides is 1. The van der Waals surface area contributed by atoms with E-state index in [1.54, 1.807) is 19.4 Å². The number of nitrogens with zero attached hydrogens (tertiary/aromatic N) is 2. The quantitative estimate of drug-likeness (QED) is 0.807. The summed E-state index contributed by atoms with van der Waals surface area (Å²) in [6.07, 6.45) is 4.20. The summed E-state index contributed by atoms with van der Waals surface area (Å²) < 4.78 is 16.8. The van der Waals surface area contributed by atoms with E-state index in [4.69, 9.17) is 14.2 Å². The molecule has 0 radical (unpaired) electrons. The van der Waals surface area contributed by atoms with Gasteiger partial charge < -0.3 is 24.4 Å². The summed E-state index contributed by atoms with van der Waals surface area (Å²) in [4.78, 5) is 19.0. The Morgan fingerprint density at radius 1 is 1.21 bits per heavy atom. The lowest BCUT2D eigenvalue weighted by molar-refractivity contribution is -0.169. The van der Waals surface area contributed by atoms with Crippen LogP contribution >= 0.6 is 0 Å². The number of ether oxygens (including phenoxy) is 3. The molecule has 2 saturated heterocycles. The van der Waals surface area contributed by atoms with Crippen LogP contribution < -0.4 is 15.0 Å². The number of hydrogen-bond donors (Lipinski definition) is 1. The van der Waals surface area contributed by atoms with E-state index in [-0.39, 0.29) is 11.7 Å². The second-order valence-corrected chi connectivity index (χ2v) is 7.35. The average Bonchev–Trinajstić information content (AvgIpc) is 3.22. The van der Waals surface area contributed by atoms with Crippen LogP contribution in [-0.4, -0.2) is 56.6 Å². The van der Waals surface area contributed by atoms with Crippen molar-refractivity contribution in [2.45, 2.75) is 25.0 Å². The van der Waals surface area contributed by atoms with Gasteiger partial charge in [0.1, 0.15) is 11.4 Å². The van der Waals surface area contributed by atoms with E-state index in [1.807, 2.05) is 30.3 Å². The van der Waals surface area contributed by atoms with E-state index in [0.29, 0.717) is 25.5 Å². The molecule has 1 spiro atoms. The summed E-state index contributed by atoms with van der Waals surface area (Å²) >= 11 is 0. The minimum Gasteiger partial charge on any atom is -0.497 e. The molecule has 0 bridgehead atoms. The van der Waals surface area contributed by atoms with E-state index in [0.717, 1.165) is 49.4 Å². The normalized spacial score (nSPS) is 18.0. The molecule has 29 heavy (non-hydrogen) atoms. The van der Waals surface area contributed by atoms with Crippen molar-refractivity contribution < 1.29 is 19.0 Å². The second kappa shape index (κ2) is 8.80. The first kappa shape index (κ1) is 19.7. The van der Waals surface area contributed by atoms with Gasteiger partial charge in [0.15, 0.2) is 5.79 Å². The number of hydrogen-bond acceptors (Lipinski definition) is 6. The highest BCUT2D eigenvalue weighted by Gasteiger charge is 2.39. The lowest BCUT2D eigenvalue weighted by Crippen LogP contribution is -2.45. The van der Waals surface area contributed by atoms with Gasteiger partial charge in [-0.05, 0) is 36.2 Å². The monoisotopic (exact) mass is 397 g/mol. The first-order valence-electron chi connectivity index (χ1n) is 10.1. The first-order valence-corrected chi connectivity index (χ1v) is 10.1. The molecule has 1 aromatic carbocycles. The van der Waals surface area contributed by atoms with Gasteiger partial charge in [-0.1, -0.05) is 12.1 Å². The number of aromatic nitrogens is 1. The highest BCUT2D eigenvalue weighted by molar-refractivity contribution is 5.92. The van der Waals surface area contributed by atoms with Crippen LogP contribution in [0.3, 0.4) is 0 Å². The molecule has 0 unspecified atom stereocenters. The Kier molecular flexibility index (Phi) is 5.97. The second-order valence-electron chi connectivity index (χ2n) is 7.35.